The Bertz CT molecular complexity index is 496. The molecule has 0 radical (unpaired) electrons. The normalized spacial score (nSPS) is 21.8. The molecule has 0 aromatic heterocycles. The van der Waals surface area contributed by atoms with Gasteiger partial charge in [-0.3, -0.25) is 19.6 Å². The first kappa shape index (κ1) is 19.8. The molecule has 1 aromatic carbocycles. The molecule has 3 rings (SSSR count). The van der Waals surface area contributed by atoms with Gasteiger partial charge in [-0.15, -0.1) is 0 Å². The van der Waals surface area contributed by atoms with Crippen molar-refractivity contribution in [2.45, 2.75) is 52.9 Å². The molecule has 0 amide bonds. The van der Waals surface area contributed by atoms with E-state index in [1.165, 1.54) is 63.5 Å². The van der Waals surface area contributed by atoms with Crippen LogP contribution in [0.4, 0.5) is 0 Å². The van der Waals surface area contributed by atoms with Gasteiger partial charge in [0.15, 0.2) is 0 Å². The van der Waals surface area contributed by atoms with Gasteiger partial charge in [-0.2, -0.15) is 0 Å². The van der Waals surface area contributed by atoms with Gasteiger partial charge in [-0.05, 0) is 38.8 Å². The standard InChI is InChI=1S/C22H38N4/c1-19(2)25-12-8-23(9-13-25)17-21-6-5-7-22(16-21)18-24-10-14-26(15-11-24)20(3)4/h5-7,16,19-20H,8-15,17-18H2,1-4H3. The molecule has 0 spiro atoms. The molecular formula is C22H38N4. The second-order valence-electron chi connectivity index (χ2n) is 8.63. The fourth-order valence-electron chi connectivity index (χ4n) is 4.22. The maximum absolute atomic E-state index is 2.61. The third kappa shape index (κ3) is 5.53. The third-order valence-corrected chi connectivity index (χ3v) is 6.08. The summed E-state index contributed by atoms with van der Waals surface area (Å²) in [6.45, 7) is 21.0. The van der Waals surface area contributed by atoms with Crippen molar-refractivity contribution in [3.05, 3.63) is 35.4 Å². The lowest BCUT2D eigenvalue weighted by atomic mass is 10.1. The van der Waals surface area contributed by atoms with Gasteiger partial charge in [0.2, 0.25) is 0 Å². The molecule has 146 valence electrons. The van der Waals surface area contributed by atoms with Crippen molar-refractivity contribution in [2.24, 2.45) is 0 Å². The van der Waals surface area contributed by atoms with Crippen molar-refractivity contribution in [3.8, 4) is 0 Å². The van der Waals surface area contributed by atoms with Gasteiger partial charge in [0.05, 0.1) is 0 Å². The topological polar surface area (TPSA) is 13.0 Å². The maximum atomic E-state index is 2.61. The number of piperazine rings is 2. The summed E-state index contributed by atoms with van der Waals surface area (Å²) in [6.07, 6.45) is 0. The second kappa shape index (κ2) is 9.32. The minimum absolute atomic E-state index is 0.677. The SMILES string of the molecule is CC(C)N1CCN(Cc2cccc(CN3CCN(C(C)C)CC3)c2)CC1. The quantitative estimate of drug-likeness (QED) is 0.775. The molecule has 2 aliphatic heterocycles. The summed E-state index contributed by atoms with van der Waals surface area (Å²) in [4.78, 5) is 10.4. The van der Waals surface area contributed by atoms with Crippen LogP contribution in [-0.4, -0.2) is 84.0 Å². The molecule has 0 aliphatic carbocycles. The number of hydrogen-bond donors (Lipinski definition) is 0. The average molecular weight is 359 g/mol. The molecule has 26 heavy (non-hydrogen) atoms. The van der Waals surface area contributed by atoms with Crippen LogP contribution in [0.1, 0.15) is 38.8 Å². The highest BCUT2D eigenvalue weighted by atomic mass is 15.3. The van der Waals surface area contributed by atoms with E-state index in [9.17, 15) is 0 Å². The van der Waals surface area contributed by atoms with E-state index < -0.39 is 0 Å². The highest BCUT2D eigenvalue weighted by Gasteiger charge is 2.20. The van der Waals surface area contributed by atoms with Crippen LogP contribution in [0.5, 0.6) is 0 Å². The average Bonchev–Trinajstić information content (AvgIpc) is 2.63. The zero-order valence-electron chi connectivity index (χ0n) is 17.3. The van der Waals surface area contributed by atoms with Crippen LogP contribution >= 0.6 is 0 Å². The Kier molecular flexibility index (Phi) is 7.10. The lowest BCUT2D eigenvalue weighted by Gasteiger charge is -2.37. The molecule has 0 atom stereocenters. The summed E-state index contributed by atoms with van der Waals surface area (Å²) in [5.41, 5.74) is 2.95. The van der Waals surface area contributed by atoms with Gasteiger partial charge >= 0.3 is 0 Å². The minimum Gasteiger partial charge on any atom is -0.298 e. The van der Waals surface area contributed by atoms with Crippen LogP contribution in [0, 0.1) is 0 Å². The van der Waals surface area contributed by atoms with Crippen molar-refractivity contribution in [2.75, 3.05) is 52.4 Å². The molecular weight excluding hydrogens is 320 g/mol. The van der Waals surface area contributed by atoms with Crippen molar-refractivity contribution < 1.29 is 0 Å². The van der Waals surface area contributed by atoms with E-state index in [-0.39, 0.29) is 0 Å². The number of benzene rings is 1. The Hall–Kier alpha value is -0.940. The summed E-state index contributed by atoms with van der Waals surface area (Å²) in [6, 6.07) is 10.6. The molecule has 0 saturated carbocycles. The predicted octanol–water partition coefficient (Wildman–Crippen LogP) is 2.74. The molecule has 1 aromatic rings. The van der Waals surface area contributed by atoms with Gasteiger partial charge in [0.25, 0.3) is 0 Å². The number of hydrogen-bond acceptors (Lipinski definition) is 4. The zero-order valence-corrected chi connectivity index (χ0v) is 17.3. The highest BCUT2D eigenvalue weighted by molar-refractivity contribution is 5.23. The van der Waals surface area contributed by atoms with Crippen molar-refractivity contribution in [1.82, 2.24) is 19.6 Å². The van der Waals surface area contributed by atoms with Gasteiger partial charge in [-0.1, -0.05) is 24.3 Å². The number of rotatable bonds is 6. The number of nitrogens with zero attached hydrogens (tertiary/aromatic N) is 4. The van der Waals surface area contributed by atoms with Crippen LogP contribution in [-0.2, 0) is 13.1 Å². The van der Waals surface area contributed by atoms with Gasteiger partial charge in [0.1, 0.15) is 0 Å². The summed E-state index contributed by atoms with van der Waals surface area (Å²) < 4.78 is 0. The molecule has 2 fully saturated rings. The van der Waals surface area contributed by atoms with Gasteiger partial charge in [-0.25, -0.2) is 0 Å². The highest BCUT2D eigenvalue weighted by Crippen LogP contribution is 2.15. The van der Waals surface area contributed by atoms with E-state index in [0.717, 1.165) is 13.1 Å². The summed E-state index contributed by atoms with van der Waals surface area (Å²) in [5, 5.41) is 0. The van der Waals surface area contributed by atoms with E-state index in [2.05, 4.69) is 71.6 Å². The van der Waals surface area contributed by atoms with Crippen molar-refractivity contribution in [3.63, 3.8) is 0 Å². The molecule has 2 aliphatic rings. The smallest absolute Gasteiger partial charge is 0.0234 e. The van der Waals surface area contributed by atoms with Crippen LogP contribution in [0.15, 0.2) is 24.3 Å². The summed E-state index contributed by atoms with van der Waals surface area (Å²) >= 11 is 0. The largest absolute Gasteiger partial charge is 0.298 e. The van der Waals surface area contributed by atoms with Crippen molar-refractivity contribution in [1.29, 1.82) is 0 Å². The van der Waals surface area contributed by atoms with Crippen LogP contribution in [0.2, 0.25) is 0 Å². The van der Waals surface area contributed by atoms with Crippen LogP contribution in [0.25, 0.3) is 0 Å². The lowest BCUT2D eigenvalue weighted by molar-refractivity contribution is 0.103. The Morgan fingerprint density at radius 2 is 1.04 bits per heavy atom. The first-order valence-electron chi connectivity index (χ1n) is 10.5. The molecule has 0 unspecified atom stereocenters. The van der Waals surface area contributed by atoms with Gasteiger partial charge in [0, 0.05) is 77.5 Å². The third-order valence-electron chi connectivity index (χ3n) is 6.08. The van der Waals surface area contributed by atoms with E-state index >= 15 is 0 Å². The first-order chi connectivity index (χ1) is 12.5. The van der Waals surface area contributed by atoms with Crippen molar-refractivity contribution >= 4 is 0 Å². The molecule has 4 heteroatoms. The molecule has 0 bridgehead atoms. The molecule has 2 saturated heterocycles. The molecule has 4 nitrogen and oxygen atoms in total. The lowest BCUT2D eigenvalue weighted by Crippen LogP contribution is -2.48. The van der Waals surface area contributed by atoms with E-state index in [0.29, 0.717) is 12.1 Å². The second-order valence-corrected chi connectivity index (χ2v) is 8.63. The zero-order chi connectivity index (χ0) is 18.5. The minimum atomic E-state index is 0.677. The van der Waals surface area contributed by atoms with E-state index in [1.54, 1.807) is 0 Å². The van der Waals surface area contributed by atoms with Crippen LogP contribution < -0.4 is 0 Å². The predicted molar refractivity (Wildman–Crippen MR) is 110 cm³/mol. The molecule has 2 heterocycles. The summed E-state index contributed by atoms with van der Waals surface area (Å²) in [5.74, 6) is 0. The monoisotopic (exact) mass is 358 g/mol. The Labute approximate surface area is 160 Å². The molecule has 0 N–H and O–H groups in total. The Morgan fingerprint density at radius 3 is 1.38 bits per heavy atom. The van der Waals surface area contributed by atoms with Crippen LogP contribution in [0.3, 0.4) is 0 Å². The maximum Gasteiger partial charge on any atom is 0.0234 e. The first-order valence-corrected chi connectivity index (χ1v) is 10.5. The fraction of sp³-hybridized carbons (Fsp3) is 0.727. The Morgan fingerprint density at radius 1 is 0.654 bits per heavy atom. The summed E-state index contributed by atoms with van der Waals surface area (Å²) in [7, 11) is 0. The van der Waals surface area contributed by atoms with E-state index in [4.69, 9.17) is 0 Å². The Balaban J connectivity index is 1.48. The van der Waals surface area contributed by atoms with Gasteiger partial charge < -0.3 is 0 Å². The van der Waals surface area contributed by atoms with E-state index in [1.807, 2.05) is 0 Å². The fourth-order valence-corrected chi connectivity index (χ4v) is 4.22.